The minimum Gasteiger partial charge on any atom is -0.321 e. The highest BCUT2D eigenvalue weighted by atomic mass is 35.5. The number of fused-ring (bicyclic) bond motifs is 1. The Morgan fingerprint density at radius 1 is 0.892 bits per heavy atom. The van der Waals surface area contributed by atoms with Crippen molar-refractivity contribution >= 4 is 45.8 Å². The molecule has 1 N–H and O–H groups in total. The van der Waals surface area contributed by atoms with Crippen LogP contribution in [0, 0.1) is 27.7 Å². The third-order valence-corrected chi connectivity index (χ3v) is 7.17. The number of rotatable bonds is 6. The van der Waals surface area contributed by atoms with Gasteiger partial charge < -0.3 is 5.32 Å². The maximum absolute atomic E-state index is 13.1. The molecule has 1 amide bonds. The van der Waals surface area contributed by atoms with Gasteiger partial charge in [-0.05, 0) is 62.6 Å². The van der Waals surface area contributed by atoms with Gasteiger partial charge in [-0.3, -0.25) is 9.48 Å². The Morgan fingerprint density at radius 2 is 1.62 bits per heavy atom. The van der Waals surface area contributed by atoms with Crippen molar-refractivity contribution in [2.24, 2.45) is 0 Å². The third-order valence-electron chi connectivity index (χ3n) is 6.43. The average molecular weight is 533 g/mol. The second-order valence-electron chi connectivity index (χ2n) is 9.17. The number of aryl methyl sites for hydroxylation is 3. The number of pyridine rings is 1. The van der Waals surface area contributed by atoms with Gasteiger partial charge in [-0.15, -0.1) is 0 Å². The number of halogens is 2. The van der Waals surface area contributed by atoms with Crippen LogP contribution >= 0.6 is 23.2 Å². The van der Waals surface area contributed by atoms with Gasteiger partial charge in [0.05, 0.1) is 39.4 Å². The first-order valence-electron chi connectivity index (χ1n) is 11.9. The van der Waals surface area contributed by atoms with Gasteiger partial charge >= 0.3 is 0 Å². The van der Waals surface area contributed by atoms with Gasteiger partial charge in [-0.25, -0.2) is 9.67 Å². The molecule has 3 heterocycles. The molecule has 0 aliphatic carbocycles. The van der Waals surface area contributed by atoms with Crippen molar-refractivity contribution in [2.45, 2.75) is 40.8 Å². The lowest BCUT2D eigenvalue weighted by Crippen LogP contribution is -2.20. The van der Waals surface area contributed by atoms with Crippen molar-refractivity contribution in [1.29, 1.82) is 0 Å². The van der Waals surface area contributed by atoms with E-state index in [0.29, 0.717) is 27.9 Å². The molecule has 188 valence electrons. The van der Waals surface area contributed by atoms with Crippen LogP contribution in [0.1, 0.15) is 28.2 Å². The zero-order chi connectivity index (χ0) is 26.3. The van der Waals surface area contributed by atoms with Gasteiger partial charge in [0, 0.05) is 11.6 Å². The Morgan fingerprint density at radius 3 is 2.35 bits per heavy atom. The highest BCUT2D eigenvalue weighted by molar-refractivity contribution is 6.42. The van der Waals surface area contributed by atoms with Crippen molar-refractivity contribution in [3.05, 3.63) is 93.0 Å². The van der Waals surface area contributed by atoms with Crippen LogP contribution in [-0.4, -0.2) is 30.5 Å². The molecule has 0 saturated heterocycles. The van der Waals surface area contributed by atoms with Crippen molar-refractivity contribution in [2.75, 3.05) is 5.32 Å². The highest BCUT2D eigenvalue weighted by Crippen LogP contribution is 2.30. The molecule has 9 heteroatoms. The minimum absolute atomic E-state index is 0.0333. The molecule has 0 aliphatic rings. The summed E-state index contributed by atoms with van der Waals surface area (Å²) in [5.74, 6) is -0.202. The summed E-state index contributed by atoms with van der Waals surface area (Å²) in [6.07, 6.45) is 1.76. The number of aromatic nitrogens is 5. The summed E-state index contributed by atoms with van der Waals surface area (Å²) < 4.78 is 3.50. The van der Waals surface area contributed by atoms with Gasteiger partial charge in [0.2, 0.25) is 5.91 Å². The molecule has 0 spiro atoms. The molecule has 0 unspecified atom stereocenters. The molecule has 0 bridgehead atoms. The number of nitrogens with zero attached hydrogens (tertiary/aromatic N) is 5. The maximum Gasteiger partial charge on any atom is 0.246 e. The monoisotopic (exact) mass is 532 g/mol. The van der Waals surface area contributed by atoms with E-state index in [9.17, 15) is 4.79 Å². The number of anilines is 1. The Labute approximate surface area is 225 Å². The smallest absolute Gasteiger partial charge is 0.246 e. The fourth-order valence-corrected chi connectivity index (χ4v) is 4.84. The fraction of sp³-hybridized carbons (Fsp3) is 0.214. The molecule has 0 saturated carbocycles. The molecule has 2 aromatic carbocycles. The number of benzene rings is 2. The molecular weight excluding hydrogens is 507 g/mol. The van der Waals surface area contributed by atoms with Crippen molar-refractivity contribution in [1.82, 2.24) is 24.5 Å². The van der Waals surface area contributed by atoms with E-state index in [1.807, 2.05) is 43.7 Å². The lowest BCUT2D eigenvalue weighted by Gasteiger charge is -2.09. The summed E-state index contributed by atoms with van der Waals surface area (Å²) in [5, 5.41) is 14.2. The van der Waals surface area contributed by atoms with Crippen LogP contribution in [0.5, 0.6) is 0 Å². The number of amides is 1. The van der Waals surface area contributed by atoms with Crippen LogP contribution in [-0.2, 0) is 17.9 Å². The summed E-state index contributed by atoms with van der Waals surface area (Å²) in [7, 11) is 0. The minimum atomic E-state index is -0.202. The van der Waals surface area contributed by atoms with Gasteiger partial charge in [-0.1, -0.05) is 59.1 Å². The lowest BCUT2D eigenvalue weighted by molar-refractivity contribution is -0.116. The standard InChI is InChI=1S/C28H26Cl2N6O/c1-16-5-8-21(9-6-16)22-11-12-31-28-26(22)17(2)33-36(28)15-25(37)32-27-18(3)34-35(19(27)4)14-20-7-10-23(29)24(30)13-20/h5-13H,14-15H2,1-4H3,(H,32,37). The zero-order valence-corrected chi connectivity index (χ0v) is 22.5. The molecule has 0 atom stereocenters. The normalized spacial score (nSPS) is 11.3. The third kappa shape index (κ3) is 4.97. The maximum atomic E-state index is 13.1. The van der Waals surface area contributed by atoms with Gasteiger partial charge in [-0.2, -0.15) is 10.2 Å². The second-order valence-corrected chi connectivity index (χ2v) is 9.98. The van der Waals surface area contributed by atoms with E-state index in [1.54, 1.807) is 16.9 Å². The Bertz CT molecular complexity index is 1640. The van der Waals surface area contributed by atoms with Crippen molar-refractivity contribution < 1.29 is 4.79 Å². The molecular formula is C28H26Cl2N6O. The van der Waals surface area contributed by atoms with E-state index in [1.165, 1.54) is 5.56 Å². The number of carbonyl (C=O) groups excluding carboxylic acids is 1. The molecule has 0 fully saturated rings. The van der Waals surface area contributed by atoms with E-state index >= 15 is 0 Å². The predicted octanol–water partition coefficient (Wildman–Crippen LogP) is 6.52. The van der Waals surface area contributed by atoms with Crippen LogP contribution < -0.4 is 5.32 Å². The Hall–Kier alpha value is -3.68. The molecule has 0 aliphatic heterocycles. The molecule has 3 aromatic heterocycles. The summed E-state index contributed by atoms with van der Waals surface area (Å²) in [5.41, 5.74) is 8.06. The van der Waals surface area contributed by atoms with E-state index in [0.717, 1.165) is 39.2 Å². The summed E-state index contributed by atoms with van der Waals surface area (Å²) in [6.45, 7) is 8.35. The molecule has 5 aromatic rings. The summed E-state index contributed by atoms with van der Waals surface area (Å²) in [6, 6.07) is 15.8. The van der Waals surface area contributed by atoms with Gasteiger partial charge in [0.1, 0.15) is 6.54 Å². The number of nitrogens with one attached hydrogen (secondary N) is 1. The van der Waals surface area contributed by atoms with E-state index < -0.39 is 0 Å². The highest BCUT2D eigenvalue weighted by Gasteiger charge is 2.19. The molecule has 37 heavy (non-hydrogen) atoms. The first-order valence-corrected chi connectivity index (χ1v) is 12.6. The number of hydrogen-bond acceptors (Lipinski definition) is 4. The van der Waals surface area contributed by atoms with Crippen LogP contribution in [0.2, 0.25) is 10.0 Å². The predicted molar refractivity (Wildman–Crippen MR) is 148 cm³/mol. The topological polar surface area (TPSA) is 77.6 Å². The van der Waals surface area contributed by atoms with Crippen molar-refractivity contribution in [3.8, 4) is 11.1 Å². The Kier molecular flexibility index (Phi) is 6.75. The first-order chi connectivity index (χ1) is 17.7. The molecule has 7 nitrogen and oxygen atoms in total. The zero-order valence-electron chi connectivity index (χ0n) is 21.0. The van der Waals surface area contributed by atoms with E-state index in [-0.39, 0.29) is 12.5 Å². The largest absolute Gasteiger partial charge is 0.321 e. The summed E-state index contributed by atoms with van der Waals surface area (Å²) in [4.78, 5) is 17.7. The van der Waals surface area contributed by atoms with Crippen LogP contribution in [0.25, 0.3) is 22.2 Å². The second kappa shape index (κ2) is 10.00. The van der Waals surface area contributed by atoms with E-state index in [2.05, 4.69) is 51.7 Å². The molecule has 0 radical (unpaired) electrons. The SMILES string of the molecule is Cc1ccc(-c2ccnc3c2c(C)nn3CC(=O)Nc2c(C)nn(Cc3ccc(Cl)c(Cl)c3)c2C)cc1. The average Bonchev–Trinajstić information content (AvgIpc) is 3.32. The van der Waals surface area contributed by atoms with Crippen LogP contribution in [0.4, 0.5) is 5.69 Å². The first kappa shape index (κ1) is 25.0. The summed E-state index contributed by atoms with van der Waals surface area (Å²) >= 11 is 12.2. The van der Waals surface area contributed by atoms with Crippen LogP contribution in [0.15, 0.2) is 54.7 Å². The van der Waals surface area contributed by atoms with Crippen LogP contribution in [0.3, 0.4) is 0 Å². The van der Waals surface area contributed by atoms with Crippen molar-refractivity contribution in [3.63, 3.8) is 0 Å². The molecule has 5 rings (SSSR count). The Balaban J connectivity index is 1.38. The fourth-order valence-electron chi connectivity index (χ4n) is 4.52. The van der Waals surface area contributed by atoms with Gasteiger partial charge in [0.15, 0.2) is 5.65 Å². The quantitative estimate of drug-likeness (QED) is 0.270. The van der Waals surface area contributed by atoms with Gasteiger partial charge in [0.25, 0.3) is 0 Å². The lowest BCUT2D eigenvalue weighted by atomic mass is 10.0. The number of carbonyl (C=O) groups is 1. The van der Waals surface area contributed by atoms with E-state index in [4.69, 9.17) is 23.2 Å². The number of hydrogen-bond donors (Lipinski definition) is 1.